The van der Waals surface area contributed by atoms with Crippen molar-refractivity contribution in [3.8, 4) is 0 Å². The van der Waals surface area contributed by atoms with Crippen LogP contribution in [0.25, 0.3) is 10.9 Å². The largest absolute Gasteiger partial charge is 0.444 e. The van der Waals surface area contributed by atoms with E-state index in [0.29, 0.717) is 10.8 Å². The molecule has 1 aromatic carbocycles. The Balaban J connectivity index is 2.22. The summed E-state index contributed by atoms with van der Waals surface area (Å²) in [5.74, 6) is 0. The molecule has 0 aliphatic carbocycles. The maximum absolute atomic E-state index is 11.7. The van der Waals surface area contributed by atoms with Gasteiger partial charge in [-0.15, -0.1) is 0 Å². The van der Waals surface area contributed by atoms with Crippen LogP contribution >= 0.6 is 11.6 Å². The molecule has 0 spiro atoms. The number of fused-ring (bicyclic) bond motifs is 1. The second kappa shape index (κ2) is 4.74. The minimum atomic E-state index is -0.528. The molecule has 0 saturated heterocycles. The number of hydrogen-bond donors (Lipinski definition) is 1. The Labute approximate surface area is 116 Å². The summed E-state index contributed by atoms with van der Waals surface area (Å²) < 4.78 is 6.87. The van der Waals surface area contributed by atoms with Crippen molar-refractivity contribution in [2.45, 2.75) is 26.4 Å². The van der Waals surface area contributed by atoms with Gasteiger partial charge in [0, 0.05) is 18.1 Å². The normalized spacial score (nSPS) is 11.6. The van der Waals surface area contributed by atoms with Crippen LogP contribution in [0, 0.1) is 0 Å². The van der Waals surface area contributed by atoms with Crippen LogP contribution < -0.4 is 5.32 Å². The van der Waals surface area contributed by atoms with Crippen LogP contribution in [0.4, 0.5) is 10.5 Å². The second-order valence-electron chi connectivity index (χ2n) is 5.27. The van der Waals surface area contributed by atoms with Crippen molar-refractivity contribution < 1.29 is 9.53 Å². The maximum Gasteiger partial charge on any atom is 0.412 e. The Hall–Kier alpha value is -1.75. The molecule has 0 aliphatic heterocycles. The molecule has 5 nitrogen and oxygen atoms in total. The number of amides is 1. The smallest absolute Gasteiger partial charge is 0.412 e. The van der Waals surface area contributed by atoms with E-state index in [9.17, 15) is 4.79 Å². The second-order valence-corrected chi connectivity index (χ2v) is 5.63. The molecular weight excluding hydrogens is 266 g/mol. The first kappa shape index (κ1) is 13.7. The number of nitrogens with one attached hydrogen (secondary N) is 1. The van der Waals surface area contributed by atoms with Crippen molar-refractivity contribution in [1.82, 2.24) is 9.78 Å². The monoisotopic (exact) mass is 281 g/mol. The number of carbonyl (C=O) groups excluding carboxylic acids is 1. The Morgan fingerprint density at radius 1 is 1.42 bits per heavy atom. The van der Waals surface area contributed by atoms with Crippen LogP contribution in [0.1, 0.15) is 20.8 Å². The number of anilines is 1. The third-order valence-corrected chi connectivity index (χ3v) is 2.73. The van der Waals surface area contributed by atoms with Crippen molar-refractivity contribution in [3.63, 3.8) is 0 Å². The van der Waals surface area contributed by atoms with Crippen LogP contribution in [0.3, 0.4) is 0 Å². The molecule has 1 heterocycles. The number of nitrogens with zero attached hydrogens (tertiary/aromatic N) is 2. The summed E-state index contributed by atoms with van der Waals surface area (Å²) in [6.07, 6.45) is -0.494. The first-order valence-corrected chi connectivity index (χ1v) is 6.26. The van der Waals surface area contributed by atoms with Gasteiger partial charge in [0.15, 0.2) is 5.15 Å². The van der Waals surface area contributed by atoms with Crippen molar-refractivity contribution >= 4 is 34.3 Å². The van der Waals surface area contributed by atoms with E-state index in [1.54, 1.807) is 16.8 Å². The van der Waals surface area contributed by atoms with Gasteiger partial charge in [0.05, 0.1) is 5.52 Å². The molecular formula is C13H16ClN3O2. The van der Waals surface area contributed by atoms with Gasteiger partial charge in [0.25, 0.3) is 0 Å². The molecule has 2 aromatic rings. The lowest BCUT2D eigenvalue weighted by atomic mass is 10.2. The average Bonchev–Trinajstić information content (AvgIpc) is 2.51. The predicted octanol–water partition coefficient (Wildman–Crippen LogP) is 3.57. The first-order chi connectivity index (χ1) is 8.76. The third-order valence-electron chi connectivity index (χ3n) is 2.45. The highest BCUT2D eigenvalue weighted by molar-refractivity contribution is 6.34. The van der Waals surface area contributed by atoms with E-state index in [4.69, 9.17) is 16.3 Å². The van der Waals surface area contributed by atoms with Crippen LogP contribution in [-0.4, -0.2) is 21.5 Å². The quantitative estimate of drug-likeness (QED) is 0.869. The Morgan fingerprint density at radius 2 is 2.11 bits per heavy atom. The minimum absolute atomic E-state index is 0.408. The van der Waals surface area contributed by atoms with Gasteiger partial charge in [-0.05, 0) is 39.0 Å². The van der Waals surface area contributed by atoms with Crippen molar-refractivity contribution in [2.75, 3.05) is 5.32 Å². The molecule has 19 heavy (non-hydrogen) atoms. The van der Waals surface area contributed by atoms with Gasteiger partial charge in [0.1, 0.15) is 5.60 Å². The summed E-state index contributed by atoms with van der Waals surface area (Å²) in [7, 11) is 1.81. The topological polar surface area (TPSA) is 56.2 Å². The van der Waals surface area contributed by atoms with E-state index in [-0.39, 0.29) is 0 Å². The van der Waals surface area contributed by atoms with Gasteiger partial charge in [-0.25, -0.2) is 4.79 Å². The summed E-state index contributed by atoms with van der Waals surface area (Å²) in [6.45, 7) is 5.44. The molecule has 0 atom stereocenters. The van der Waals surface area contributed by atoms with Crippen LogP contribution in [-0.2, 0) is 11.8 Å². The number of aryl methyl sites for hydroxylation is 1. The fraction of sp³-hybridized carbons (Fsp3) is 0.385. The highest BCUT2D eigenvalue weighted by Gasteiger charge is 2.16. The predicted molar refractivity (Wildman–Crippen MR) is 75.6 cm³/mol. The Kier molecular flexibility index (Phi) is 3.41. The number of aromatic nitrogens is 2. The van der Waals surface area contributed by atoms with Gasteiger partial charge in [-0.2, -0.15) is 5.10 Å². The number of carbonyl (C=O) groups is 1. The maximum atomic E-state index is 11.7. The van der Waals surface area contributed by atoms with E-state index in [2.05, 4.69) is 10.4 Å². The zero-order valence-electron chi connectivity index (χ0n) is 11.3. The molecule has 0 aliphatic rings. The number of rotatable bonds is 1. The van der Waals surface area contributed by atoms with Gasteiger partial charge in [-0.3, -0.25) is 10.00 Å². The molecule has 1 amide bonds. The van der Waals surface area contributed by atoms with E-state index < -0.39 is 11.7 Å². The lowest BCUT2D eigenvalue weighted by molar-refractivity contribution is 0.0636. The van der Waals surface area contributed by atoms with Crippen molar-refractivity contribution in [2.24, 2.45) is 7.05 Å². The van der Waals surface area contributed by atoms with Crippen LogP contribution in [0.15, 0.2) is 18.2 Å². The zero-order valence-corrected chi connectivity index (χ0v) is 12.1. The lowest BCUT2D eigenvalue weighted by Crippen LogP contribution is -2.27. The fourth-order valence-corrected chi connectivity index (χ4v) is 1.99. The SMILES string of the molecule is Cn1nc(Cl)c2cc(NC(=O)OC(C)(C)C)ccc21. The number of halogens is 1. The minimum Gasteiger partial charge on any atom is -0.444 e. The molecule has 6 heteroatoms. The van der Waals surface area contributed by atoms with E-state index in [0.717, 1.165) is 10.9 Å². The Morgan fingerprint density at radius 3 is 2.74 bits per heavy atom. The van der Waals surface area contributed by atoms with E-state index in [1.165, 1.54) is 0 Å². The number of ether oxygens (including phenoxy) is 1. The molecule has 1 aromatic heterocycles. The summed E-state index contributed by atoms with van der Waals surface area (Å²) in [6, 6.07) is 5.40. The molecule has 0 bridgehead atoms. The van der Waals surface area contributed by atoms with Gasteiger partial charge in [-0.1, -0.05) is 11.6 Å². The molecule has 0 radical (unpaired) electrons. The highest BCUT2D eigenvalue weighted by atomic mass is 35.5. The van der Waals surface area contributed by atoms with Gasteiger partial charge in [0.2, 0.25) is 0 Å². The van der Waals surface area contributed by atoms with Crippen LogP contribution in [0.2, 0.25) is 5.15 Å². The van der Waals surface area contributed by atoms with Crippen molar-refractivity contribution in [3.05, 3.63) is 23.4 Å². The zero-order chi connectivity index (χ0) is 14.2. The summed E-state index contributed by atoms with van der Waals surface area (Å²) >= 11 is 6.02. The van der Waals surface area contributed by atoms with Gasteiger partial charge >= 0.3 is 6.09 Å². The number of benzene rings is 1. The number of hydrogen-bond acceptors (Lipinski definition) is 3. The summed E-state index contributed by atoms with van der Waals surface area (Å²) in [4.78, 5) is 11.7. The van der Waals surface area contributed by atoms with Crippen LogP contribution in [0.5, 0.6) is 0 Å². The first-order valence-electron chi connectivity index (χ1n) is 5.88. The lowest BCUT2D eigenvalue weighted by Gasteiger charge is -2.19. The molecule has 1 N–H and O–H groups in total. The van der Waals surface area contributed by atoms with E-state index >= 15 is 0 Å². The highest BCUT2D eigenvalue weighted by Crippen LogP contribution is 2.25. The molecule has 102 valence electrons. The molecule has 0 saturated carbocycles. The fourth-order valence-electron chi connectivity index (χ4n) is 1.72. The molecule has 0 fully saturated rings. The van der Waals surface area contributed by atoms with E-state index in [1.807, 2.05) is 33.9 Å². The summed E-state index contributed by atoms with van der Waals surface area (Å²) in [5, 5.41) is 7.98. The van der Waals surface area contributed by atoms with Gasteiger partial charge < -0.3 is 4.74 Å². The third kappa shape index (κ3) is 3.17. The average molecular weight is 282 g/mol. The Bertz CT molecular complexity index is 629. The van der Waals surface area contributed by atoms with Crippen molar-refractivity contribution in [1.29, 1.82) is 0 Å². The summed E-state index contributed by atoms with van der Waals surface area (Å²) in [5.41, 5.74) is 0.997. The standard InChI is InChI=1S/C13H16ClN3O2/c1-13(2,3)19-12(18)15-8-5-6-10-9(7-8)11(14)16-17(10)4/h5-7H,1-4H3,(H,15,18). The molecule has 0 unspecified atom stereocenters. The molecule has 2 rings (SSSR count).